The fourth-order valence-electron chi connectivity index (χ4n) is 5.43. The number of hydrogen-bond donors (Lipinski definition) is 2. The Kier molecular flexibility index (Phi) is 11.6. The van der Waals surface area contributed by atoms with E-state index in [4.69, 9.17) is 21.1 Å². The first kappa shape index (κ1) is 30.5. The molecule has 41 heavy (non-hydrogen) atoms. The lowest BCUT2D eigenvalue weighted by Crippen LogP contribution is -2.51. The van der Waals surface area contributed by atoms with Crippen molar-refractivity contribution in [2.45, 2.75) is 76.7 Å². The summed E-state index contributed by atoms with van der Waals surface area (Å²) in [4.78, 5) is 52.7. The van der Waals surface area contributed by atoms with Gasteiger partial charge in [0, 0.05) is 29.2 Å². The summed E-state index contributed by atoms with van der Waals surface area (Å²) in [7, 11) is 0. The Hall–Kier alpha value is -3.43. The molecule has 0 bridgehead atoms. The molecule has 1 saturated carbocycles. The van der Waals surface area contributed by atoms with E-state index in [9.17, 15) is 19.2 Å². The Morgan fingerprint density at radius 1 is 1.07 bits per heavy atom. The van der Waals surface area contributed by atoms with Gasteiger partial charge in [0.15, 0.2) is 0 Å². The number of carbonyl (C=O) groups is 4. The third-order valence-electron chi connectivity index (χ3n) is 7.62. The monoisotopic (exact) mass is 583 g/mol. The van der Waals surface area contributed by atoms with Crippen molar-refractivity contribution < 1.29 is 28.7 Å². The van der Waals surface area contributed by atoms with Crippen molar-refractivity contribution in [3.05, 3.63) is 64.7 Å². The number of aldehydes is 1. The predicted molar refractivity (Wildman–Crippen MR) is 155 cm³/mol. The molecule has 2 aromatic rings. The van der Waals surface area contributed by atoms with Crippen LogP contribution in [0.2, 0.25) is 5.02 Å². The molecule has 10 heteroatoms. The van der Waals surface area contributed by atoms with E-state index in [1.807, 2.05) is 24.3 Å². The van der Waals surface area contributed by atoms with Gasteiger partial charge in [-0.05, 0) is 42.5 Å². The van der Waals surface area contributed by atoms with Gasteiger partial charge in [0.2, 0.25) is 11.8 Å². The highest BCUT2D eigenvalue weighted by molar-refractivity contribution is 6.30. The Bertz CT molecular complexity index is 1200. The molecule has 0 unspecified atom stereocenters. The highest BCUT2D eigenvalue weighted by atomic mass is 35.5. The molecule has 220 valence electrons. The quantitative estimate of drug-likeness (QED) is 0.363. The minimum absolute atomic E-state index is 0.00784. The van der Waals surface area contributed by atoms with Crippen LogP contribution in [-0.4, -0.2) is 49.4 Å². The van der Waals surface area contributed by atoms with Crippen molar-refractivity contribution >= 4 is 41.5 Å². The second-order valence-corrected chi connectivity index (χ2v) is 11.1. The molecule has 1 aliphatic carbocycles. The van der Waals surface area contributed by atoms with Crippen molar-refractivity contribution in [3.8, 4) is 0 Å². The van der Waals surface area contributed by atoms with Gasteiger partial charge >= 0.3 is 6.09 Å². The lowest BCUT2D eigenvalue weighted by molar-refractivity contribution is -0.126. The van der Waals surface area contributed by atoms with Crippen LogP contribution in [-0.2, 0) is 37.1 Å². The fraction of sp³-hybridized carbons (Fsp3) is 0.484. The number of para-hydroxylation sites is 1. The van der Waals surface area contributed by atoms with E-state index in [0.29, 0.717) is 37.5 Å². The van der Waals surface area contributed by atoms with Crippen LogP contribution in [0.15, 0.2) is 48.5 Å². The van der Waals surface area contributed by atoms with E-state index in [-0.39, 0.29) is 31.3 Å². The maximum atomic E-state index is 13.3. The van der Waals surface area contributed by atoms with Gasteiger partial charge < -0.3 is 29.8 Å². The second-order valence-electron chi connectivity index (χ2n) is 10.7. The minimum Gasteiger partial charge on any atom is -0.445 e. The Morgan fingerprint density at radius 2 is 1.88 bits per heavy atom. The average Bonchev–Trinajstić information content (AvgIpc) is 3.21. The van der Waals surface area contributed by atoms with Gasteiger partial charge in [0.1, 0.15) is 18.9 Å². The summed E-state index contributed by atoms with van der Waals surface area (Å²) in [5.74, 6) is -0.326. The molecule has 4 rings (SSSR count). The van der Waals surface area contributed by atoms with E-state index in [2.05, 4.69) is 10.6 Å². The molecule has 3 amide bonds. The third-order valence-corrected chi connectivity index (χ3v) is 7.86. The summed E-state index contributed by atoms with van der Waals surface area (Å²) in [5, 5.41) is 5.98. The number of alkyl carbamates (subject to hydrolysis) is 1. The SMILES string of the molecule is O=C[C@H](CCC(=O)N1CCOCc2ccccc21)NC(=O)[C@H](CC1CCCCC1)NC(=O)OCc1cccc(Cl)c1. The molecule has 9 nitrogen and oxygen atoms in total. The number of rotatable bonds is 11. The van der Waals surface area contributed by atoms with Crippen molar-refractivity contribution in [3.63, 3.8) is 0 Å². The second kappa shape index (κ2) is 15.5. The van der Waals surface area contributed by atoms with Gasteiger partial charge in [0.25, 0.3) is 0 Å². The van der Waals surface area contributed by atoms with Crippen molar-refractivity contribution in [2.75, 3.05) is 18.1 Å². The summed E-state index contributed by atoms with van der Waals surface area (Å²) in [6.45, 7) is 1.27. The molecular weight excluding hydrogens is 546 g/mol. The lowest BCUT2D eigenvalue weighted by atomic mass is 9.84. The van der Waals surface area contributed by atoms with Crippen LogP contribution in [0.5, 0.6) is 0 Å². The first-order valence-corrected chi connectivity index (χ1v) is 14.7. The summed E-state index contributed by atoms with van der Waals surface area (Å²) < 4.78 is 11.0. The lowest BCUT2D eigenvalue weighted by Gasteiger charge is -2.27. The maximum absolute atomic E-state index is 13.3. The molecule has 0 spiro atoms. The highest BCUT2D eigenvalue weighted by Crippen LogP contribution is 2.28. The largest absolute Gasteiger partial charge is 0.445 e. The van der Waals surface area contributed by atoms with E-state index in [1.54, 1.807) is 29.2 Å². The number of carbonyl (C=O) groups excluding carboxylic acids is 4. The predicted octanol–water partition coefficient (Wildman–Crippen LogP) is 4.93. The third kappa shape index (κ3) is 9.30. The number of fused-ring (bicyclic) bond motifs is 1. The highest BCUT2D eigenvalue weighted by Gasteiger charge is 2.29. The van der Waals surface area contributed by atoms with Crippen LogP contribution in [0.4, 0.5) is 10.5 Å². The first-order chi connectivity index (χ1) is 19.9. The van der Waals surface area contributed by atoms with E-state index in [0.717, 1.165) is 48.9 Å². The van der Waals surface area contributed by atoms with Crippen molar-refractivity contribution in [2.24, 2.45) is 5.92 Å². The van der Waals surface area contributed by atoms with Crippen LogP contribution >= 0.6 is 11.6 Å². The Labute approximate surface area is 245 Å². The number of nitrogens with one attached hydrogen (secondary N) is 2. The van der Waals surface area contributed by atoms with Crippen LogP contribution < -0.4 is 15.5 Å². The van der Waals surface area contributed by atoms with Gasteiger partial charge in [-0.2, -0.15) is 0 Å². The molecule has 0 radical (unpaired) electrons. The topological polar surface area (TPSA) is 114 Å². The zero-order valence-electron chi connectivity index (χ0n) is 23.2. The van der Waals surface area contributed by atoms with Gasteiger partial charge in [-0.1, -0.05) is 74.0 Å². The molecule has 2 N–H and O–H groups in total. The fourth-order valence-corrected chi connectivity index (χ4v) is 5.65. The summed E-state index contributed by atoms with van der Waals surface area (Å²) >= 11 is 6.01. The van der Waals surface area contributed by atoms with Crippen LogP contribution in [0, 0.1) is 5.92 Å². The summed E-state index contributed by atoms with van der Waals surface area (Å²) in [6, 6.07) is 12.8. The standard InChI is InChI=1S/C31H38ClN3O6/c32-25-11-6-9-23(17-25)20-41-31(39)34-27(18-22-7-2-1-3-8-22)30(38)33-26(19-36)13-14-29(37)35-15-16-40-21-24-10-4-5-12-28(24)35/h4-6,9-12,17,19,22,26-27H,1-3,7-8,13-16,18,20-21H2,(H,33,38)(H,34,39)/t26-,27-/m0/s1. The average molecular weight is 584 g/mol. The molecule has 1 aliphatic heterocycles. The maximum Gasteiger partial charge on any atom is 0.408 e. The van der Waals surface area contributed by atoms with Gasteiger partial charge in [-0.3, -0.25) is 9.59 Å². The van der Waals surface area contributed by atoms with E-state index < -0.39 is 24.1 Å². The normalized spacial score (nSPS) is 17.0. The van der Waals surface area contributed by atoms with Gasteiger partial charge in [-0.25, -0.2) is 4.79 Å². The van der Waals surface area contributed by atoms with Crippen molar-refractivity contribution in [1.29, 1.82) is 0 Å². The van der Waals surface area contributed by atoms with E-state index >= 15 is 0 Å². The number of hydrogen-bond acceptors (Lipinski definition) is 6. The molecule has 0 saturated heterocycles. The number of amides is 3. The van der Waals surface area contributed by atoms with Crippen LogP contribution in [0.25, 0.3) is 0 Å². The Balaban J connectivity index is 1.34. The molecule has 0 aromatic heterocycles. The summed E-state index contributed by atoms with van der Waals surface area (Å²) in [6.07, 6.45) is 5.88. The van der Waals surface area contributed by atoms with Crippen LogP contribution in [0.1, 0.15) is 62.5 Å². The number of nitrogens with zero attached hydrogens (tertiary/aromatic N) is 1. The number of benzene rings is 2. The van der Waals surface area contributed by atoms with Gasteiger partial charge in [0.05, 0.1) is 19.3 Å². The molecule has 2 aromatic carbocycles. The molecular formula is C31H38ClN3O6. The first-order valence-electron chi connectivity index (χ1n) is 14.3. The van der Waals surface area contributed by atoms with Crippen LogP contribution in [0.3, 0.4) is 0 Å². The smallest absolute Gasteiger partial charge is 0.408 e. The zero-order chi connectivity index (χ0) is 29.0. The number of ether oxygens (including phenoxy) is 2. The van der Waals surface area contributed by atoms with Gasteiger partial charge in [-0.15, -0.1) is 0 Å². The Morgan fingerprint density at radius 3 is 2.66 bits per heavy atom. The minimum atomic E-state index is -0.872. The van der Waals surface area contributed by atoms with Crippen molar-refractivity contribution in [1.82, 2.24) is 10.6 Å². The number of anilines is 1. The number of halogens is 1. The molecule has 1 heterocycles. The molecule has 1 fully saturated rings. The van der Waals surface area contributed by atoms with E-state index in [1.165, 1.54) is 0 Å². The molecule has 2 aliphatic rings. The zero-order valence-corrected chi connectivity index (χ0v) is 23.9. The summed E-state index contributed by atoms with van der Waals surface area (Å²) in [5.41, 5.74) is 2.46. The molecule has 2 atom stereocenters.